The summed E-state index contributed by atoms with van der Waals surface area (Å²) >= 11 is 4.93. The SMILES string of the molecule is O=C(CC1CCOC1)c1cscc1Br. The van der Waals surface area contributed by atoms with Gasteiger partial charge >= 0.3 is 0 Å². The third-order valence-electron chi connectivity index (χ3n) is 2.41. The van der Waals surface area contributed by atoms with Gasteiger partial charge in [-0.05, 0) is 28.3 Å². The van der Waals surface area contributed by atoms with Crippen molar-refractivity contribution in [2.45, 2.75) is 12.8 Å². The van der Waals surface area contributed by atoms with Gasteiger partial charge in [0.2, 0.25) is 0 Å². The Hall–Kier alpha value is -0.190. The maximum atomic E-state index is 11.8. The average molecular weight is 275 g/mol. The molecule has 2 rings (SSSR count). The molecule has 1 fully saturated rings. The molecule has 1 aliphatic rings. The van der Waals surface area contributed by atoms with Crippen LogP contribution >= 0.6 is 27.3 Å². The zero-order chi connectivity index (χ0) is 9.97. The number of ketones is 1. The van der Waals surface area contributed by atoms with Crippen LogP contribution in [0.3, 0.4) is 0 Å². The van der Waals surface area contributed by atoms with E-state index >= 15 is 0 Å². The lowest BCUT2D eigenvalue weighted by Crippen LogP contribution is -2.08. The van der Waals surface area contributed by atoms with Crippen molar-refractivity contribution in [2.24, 2.45) is 5.92 Å². The first-order valence-corrected chi connectivity index (χ1v) is 6.33. The van der Waals surface area contributed by atoms with Crippen molar-refractivity contribution in [2.75, 3.05) is 13.2 Å². The fourth-order valence-corrected chi connectivity index (χ4v) is 3.12. The highest BCUT2D eigenvalue weighted by Gasteiger charge is 2.21. The van der Waals surface area contributed by atoms with Gasteiger partial charge in [-0.3, -0.25) is 4.79 Å². The summed E-state index contributed by atoms with van der Waals surface area (Å²) in [5, 5.41) is 3.85. The van der Waals surface area contributed by atoms with Crippen molar-refractivity contribution in [1.82, 2.24) is 0 Å². The average Bonchev–Trinajstić information content (AvgIpc) is 2.75. The molecule has 1 aliphatic heterocycles. The van der Waals surface area contributed by atoms with Gasteiger partial charge < -0.3 is 4.74 Å². The summed E-state index contributed by atoms with van der Waals surface area (Å²) in [6, 6.07) is 0. The molecule has 2 nitrogen and oxygen atoms in total. The number of halogens is 1. The largest absolute Gasteiger partial charge is 0.381 e. The van der Waals surface area contributed by atoms with Crippen LogP contribution in [0.1, 0.15) is 23.2 Å². The Kier molecular flexibility index (Phi) is 3.36. The molecule has 0 radical (unpaired) electrons. The number of hydrogen-bond donors (Lipinski definition) is 0. The molecule has 0 aliphatic carbocycles. The van der Waals surface area contributed by atoms with Crippen LogP contribution in [0.4, 0.5) is 0 Å². The van der Waals surface area contributed by atoms with Crippen LogP contribution < -0.4 is 0 Å². The zero-order valence-electron chi connectivity index (χ0n) is 7.66. The Morgan fingerprint density at radius 2 is 2.50 bits per heavy atom. The molecule has 0 saturated carbocycles. The number of carbonyl (C=O) groups is 1. The van der Waals surface area contributed by atoms with E-state index in [1.807, 2.05) is 10.8 Å². The topological polar surface area (TPSA) is 26.3 Å². The number of ether oxygens (including phenoxy) is 1. The van der Waals surface area contributed by atoms with Crippen LogP contribution in [0.25, 0.3) is 0 Å². The summed E-state index contributed by atoms with van der Waals surface area (Å²) in [6.07, 6.45) is 1.64. The molecule has 1 aromatic rings. The van der Waals surface area contributed by atoms with Crippen molar-refractivity contribution in [3.8, 4) is 0 Å². The Balaban J connectivity index is 1.98. The first-order valence-electron chi connectivity index (χ1n) is 4.60. The van der Waals surface area contributed by atoms with Crippen molar-refractivity contribution >= 4 is 33.0 Å². The molecule has 14 heavy (non-hydrogen) atoms. The van der Waals surface area contributed by atoms with Gasteiger partial charge in [0.15, 0.2) is 5.78 Å². The second-order valence-electron chi connectivity index (χ2n) is 3.49. The second kappa shape index (κ2) is 4.55. The standard InChI is InChI=1S/C10H11BrO2S/c11-9-6-14-5-8(9)10(12)3-7-1-2-13-4-7/h5-7H,1-4H2. The smallest absolute Gasteiger partial charge is 0.165 e. The van der Waals surface area contributed by atoms with E-state index in [1.165, 1.54) is 0 Å². The molecule has 0 amide bonds. The fourth-order valence-electron chi connectivity index (χ4n) is 1.60. The van der Waals surface area contributed by atoms with E-state index in [0.29, 0.717) is 12.3 Å². The van der Waals surface area contributed by atoms with Crippen LogP contribution in [0.5, 0.6) is 0 Å². The predicted molar refractivity (Wildman–Crippen MR) is 59.9 cm³/mol. The molecule has 76 valence electrons. The van der Waals surface area contributed by atoms with Gasteiger partial charge in [0.05, 0.1) is 0 Å². The maximum absolute atomic E-state index is 11.8. The van der Waals surface area contributed by atoms with Crippen LogP contribution in [0, 0.1) is 5.92 Å². The van der Waals surface area contributed by atoms with Crippen molar-refractivity contribution in [1.29, 1.82) is 0 Å². The van der Waals surface area contributed by atoms with E-state index in [-0.39, 0.29) is 5.78 Å². The summed E-state index contributed by atoms with van der Waals surface area (Å²) < 4.78 is 6.17. The normalized spacial score (nSPS) is 21.4. The molecule has 1 aromatic heterocycles. The monoisotopic (exact) mass is 274 g/mol. The number of thiophene rings is 1. The van der Waals surface area contributed by atoms with Gasteiger partial charge in [0.25, 0.3) is 0 Å². The minimum absolute atomic E-state index is 0.230. The lowest BCUT2D eigenvalue weighted by molar-refractivity contribution is 0.0952. The molecule has 0 spiro atoms. The van der Waals surface area contributed by atoms with Gasteiger partial charge in [0.1, 0.15) is 0 Å². The Bertz CT molecular complexity index is 329. The van der Waals surface area contributed by atoms with Crippen molar-refractivity contribution in [3.63, 3.8) is 0 Å². The lowest BCUT2D eigenvalue weighted by Gasteiger charge is -2.04. The predicted octanol–water partition coefficient (Wildman–Crippen LogP) is 3.12. The molecule has 1 atom stereocenters. The third-order valence-corrected chi connectivity index (χ3v) is 4.12. The Morgan fingerprint density at radius 3 is 3.07 bits per heavy atom. The number of hydrogen-bond acceptors (Lipinski definition) is 3. The molecule has 1 unspecified atom stereocenters. The molecule has 4 heteroatoms. The quantitative estimate of drug-likeness (QED) is 0.792. The summed E-state index contributed by atoms with van der Waals surface area (Å²) in [4.78, 5) is 11.8. The number of rotatable bonds is 3. The van der Waals surface area contributed by atoms with Gasteiger partial charge in [-0.1, -0.05) is 0 Å². The van der Waals surface area contributed by atoms with E-state index < -0.39 is 0 Å². The molecule has 0 bridgehead atoms. The molecule has 0 N–H and O–H groups in total. The molecular weight excluding hydrogens is 264 g/mol. The number of Topliss-reactive ketones (excluding diaryl/α,β-unsaturated/α-hetero) is 1. The van der Waals surface area contributed by atoms with Crippen LogP contribution in [-0.2, 0) is 4.74 Å². The number of carbonyl (C=O) groups excluding carboxylic acids is 1. The third kappa shape index (κ3) is 2.24. The fraction of sp³-hybridized carbons (Fsp3) is 0.500. The first kappa shape index (κ1) is 10.3. The van der Waals surface area contributed by atoms with E-state index in [4.69, 9.17) is 4.74 Å². The van der Waals surface area contributed by atoms with E-state index in [1.54, 1.807) is 11.3 Å². The van der Waals surface area contributed by atoms with Gasteiger partial charge in [-0.2, -0.15) is 11.3 Å². The van der Waals surface area contributed by atoms with Crippen molar-refractivity contribution in [3.05, 3.63) is 20.8 Å². The molecular formula is C10H11BrO2S. The Morgan fingerprint density at radius 1 is 1.64 bits per heavy atom. The van der Waals surface area contributed by atoms with E-state index in [2.05, 4.69) is 15.9 Å². The molecule has 2 heterocycles. The first-order chi connectivity index (χ1) is 6.77. The minimum atomic E-state index is 0.230. The van der Waals surface area contributed by atoms with Crippen LogP contribution in [0.15, 0.2) is 15.2 Å². The van der Waals surface area contributed by atoms with Crippen LogP contribution in [-0.4, -0.2) is 19.0 Å². The van der Waals surface area contributed by atoms with E-state index in [0.717, 1.165) is 29.7 Å². The summed E-state index contributed by atoms with van der Waals surface area (Å²) in [5.74, 6) is 0.655. The van der Waals surface area contributed by atoms with Gasteiger partial charge in [-0.15, -0.1) is 0 Å². The minimum Gasteiger partial charge on any atom is -0.381 e. The van der Waals surface area contributed by atoms with Gasteiger partial charge in [0, 0.05) is 40.4 Å². The highest BCUT2D eigenvalue weighted by molar-refractivity contribution is 9.10. The summed E-state index contributed by atoms with van der Waals surface area (Å²) in [5.41, 5.74) is 0.821. The summed E-state index contributed by atoms with van der Waals surface area (Å²) in [6.45, 7) is 1.55. The molecule has 0 aromatic carbocycles. The van der Waals surface area contributed by atoms with Gasteiger partial charge in [-0.25, -0.2) is 0 Å². The lowest BCUT2D eigenvalue weighted by atomic mass is 9.99. The second-order valence-corrected chi connectivity index (χ2v) is 5.09. The highest BCUT2D eigenvalue weighted by atomic mass is 79.9. The van der Waals surface area contributed by atoms with Crippen molar-refractivity contribution < 1.29 is 9.53 Å². The summed E-state index contributed by atoms with van der Waals surface area (Å²) in [7, 11) is 0. The highest BCUT2D eigenvalue weighted by Crippen LogP contribution is 2.25. The molecule has 1 saturated heterocycles. The van der Waals surface area contributed by atoms with E-state index in [9.17, 15) is 4.79 Å². The Labute approximate surface area is 95.4 Å². The zero-order valence-corrected chi connectivity index (χ0v) is 10.1. The maximum Gasteiger partial charge on any atom is 0.165 e. The van der Waals surface area contributed by atoms with Crippen LogP contribution in [0.2, 0.25) is 0 Å².